The summed E-state index contributed by atoms with van der Waals surface area (Å²) in [5.74, 6) is 0.971. The fraction of sp³-hybridized carbons (Fsp3) is 0.333. The van der Waals surface area contributed by atoms with Gasteiger partial charge < -0.3 is 10.6 Å². The van der Waals surface area contributed by atoms with Gasteiger partial charge in [-0.15, -0.1) is 0 Å². The lowest BCUT2D eigenvalue weighted by molar-refractivity contribution is 0.805. The van der Waals surface area contributed by atoms with Gasteiger partial charge in [-0.3, -0.25) is 4.98 Å². The quantitative estimate of drug-likeness (QED) is 0.891. The molecule has 0 saturated heterocycles. The Labute approximate surface area is 114 Å². The van der Waals surface area contributed by atoms with Gasteiger partial charge in [0.2, 0.25) is 0 Å². The maximum absolute atomic E-state index is 5.82. The number of rotatable bonds is 5. The van der Waals surface area contributed by atoms with E-state index in [0.29, 0.717) is 0 Å². The molecule has 2 N–H and O–H groups in total. The third-order valence-corrected chi connectivity index (χ3v) is 3.17. The maximum atomic E-state index is 5.82. The van der Waals surface area contributed by atoms with Crippen molar-refractivity contribution < 1.29 is 0 Å². The number of anilines is 1. The summed E-state index contributed by atoms with van der Waals surface area (Å²) in [5.41, 5.74) is 8.16. The summed E-state index contributed by atoms with van der Waals surface area (Å²) in [5, 5.41) is 0. The summed E-state index contributed by atoms with van der Waals surface area (Å²) in [6.45, 7) is 2.89. The van der Waals surface area contributed by atoms with Crippen LogP contribution in [-0.2, 0) is 6.42 Å². The van der Waals surface area contributed by atoms with Crippen LogP contribution in [-0.4, -0.2) is 23.6 Å². The summed E-state index contributed by atoms with van der Waals surface area (Å²) in [4.78, 5) is 10.6. The minimum absolute atomic E-state index is 0.0312. The second kappa shape index (κ2) is 6.29. The summed E-state index contributed by atoms with van der Waals surface area (Å²) in [6, 6.07) is 8.17. The summed E-state index contributed by atoms with van der Waals surface area (Å²) in [7, 11) is 2.05. The molecule has 2 heterocycles. The Kier molecular flexibility index (Phi) is 4.47. The van der Waals surface area contributed by atoms with Crippen molar-refractivity contribution in [2.45, 2.75) is 19.4 Å². The summed E-state index contributed by atoms with van der Waals surface area (Å²) in [6.07, 6.45) is 6.48. The lowest BCUT2D eigenvalue weighted by atomic mass is 10.1. The van der Waals surface area contributed by atoms with Crippen LogP contribution < -0.4 is 10.6 Å². The van der Waals surface area contributed by atoms with E-state index < -0.39 is 0 Å². The molecule has 2 aromatic rings. The van der Waals surface area contributed by atoms with Crippen molar-refractivity contribution in [3.8, 4) is 0 Å². The monoisotopic (exact) mass is 256 g/mol. The highest BCUT2D eigenvalue weighted by Crippen LogP contribution is 2.14. The molecule has 0 aliphatic rings. The Hall–Kier alpha value is -1.94. The Morgan fingerprint density at radius 1 is 1.21 bits per heavy atom. The molecule has 0 amide bonds. The summed E-state index contributed by atoms with van der Waals surface area (Å²) >= 11 is 0. The van der Waals surface area contributed by atoms with E-state index >= 15 is 0 Å². The highest BCUT2D eigenvalue weighted by molar-refractivity contribution is 5.39. The molecule has 0 aliphatic heterocycles. The molecule has 0 spiro atoms. The standard InChI is InChI=1S/C15H20N4/c1-12(16)14-3-4-15(18-11-14)19(2)10-7-13-5-8-17-9-6-13/h3-6,8-9,11-12H,7,10,16H2,1-2H3/t12-/m0/s1. The van der Waals surface area contributed by atoms with E-state index in [9.17, 15) is 0 Å². The second-order valence-electron chi connectivity index (χ2n) is 4.77. The van der Waals surface area contributed by atoms with E-state index in [4.69, 9.17) is 5.73 Å². The van der Waals surface area contributed by atoms with Gasteiger partial charge in [-0.1, -0.05) is 6.07 Å². The number of hydrogen-bond acceptors (Lipinski definition) is 4. The zero-order valence-electron chi connectivity index (χ0n) is 11.5. The average molecular weight is 256 g/mol. The Morgan fingerprint density at radius 2 is 1.95 bits per heavy atom. The number of nitrogens with zero attached hydrogens (tertiary/aromatic N) is 3. The van der Waals surface area contributed by atoms with Crippen LogP contribution in [0.1, 0.15) is 24.1 Å². The van der Waals surface area contributed by atoms with Gasteiger partial charge in [-0.2, -0.15) is 0 Å². The van der Waals surface area contributed by atoms with Crippen molar-refractivity contribution >= 4 is 5.82 Å². The van der Waals surface area contributed by atoms with Crippen molar-refractivity contribution in [3.05, 3.63) is 54.0 Å². The van der Waals surface area contributed by atoms with E-state index in [1.54, 1.807) is 0 Å². The van der Waals surface area contributed by atoms with Crippen LogP contribution in [0.3, 0.4) is 0 Å². The van der Waals surface area contributed by atoms with E-state index in [1.807, 2.05) is 49.8 Å². The van der Waals surface area contributed by atoms with Gasteiger partial charge in [-0.05, 0) is 42.7 Å². The molecule has 0 aromatic carbocycles. The van der Waals surface area contributed by atoms with Crippen molar-refractivity contribution in [2.75, 3.05) is 18.5 Å². The molecule has 4 heteroatoms. The van der Waals surface area contributed by atoms with Crippen LogP contribution >= 0.6 is 0 Å². The van der Waals surface area contributed by atoms with Gasteiger partial charge >= 0.3 is 0 Å². The van der Waals surface area contributed by atoms with Gasteiger partial charge in [0.05, 0.1) is 0 Å². The number of aromatic nitrogens is 2. The molecule has 1 atom stereocenters. The molecule has 0 fully saturated rings. The minimum atomic E-state index is 0.0312. The number of nitrogens with two attached hydrogens (primary N) is 1. The molecule has 0 aliphatic carbocycles. The summed E-state index contributed by atoms with van der Waals surface area (Å²) < 4.78 is 0. The van der Waals surface area contributed by atoms with Crippen LogP contribution in [0.15, 0.2) is 42.9 Å². The first kappa shape index (κ1) is 13.5. The lowest BCUT2D eigenvalue weighted by Crippen LogP contribution is -2.21. The molecular weight excluding hydrogens is 236 g/mol. The fourth-order valence-electron chi connectivity index (χ4n) is 1.85. The molecule has 0 radical (unpaired) electrons. The Bertz CT molecular complexity index is 493. The van der Waals surface area contributed by atoms with Crippen molar-refractivity contribution in [1.29, 1.82) is 0 Å². The van der Waals surface area contributed by atoms with Crippen molar-refractivity contribution in [3.63, 3.8) is 0 Å². The van der Waals surface area contributed by atoms with Gasteiger partial charge in [0, 0.05) is 38.2 Å². The Morgan fingerprint density at radius 3 is 2.53 bits per heavy atom. The molecule has 19 heavy (non-hydrogen) atoms. The predicted molar refractivity (Wildman–Crippen MR) is 78.1 cm³/mol. The first-order valence-corrected chi connectivity index (χ1v) is 6.48. The predicted octanol–water partition coefficient (Wildman–Crippen LogP) is 2.18. The fourth-order valence-corrected chi connectivity index (χ4v) is 1.85. The molecule has 2 aromatic heterocycles. The molecular formula is C15H20N4. The van der Waals surface area contributed by atoms with Crippen molar-refractivity contribution in [1.82, 2.24) is 9.97 Å². The van der Waals surface area contributed by atoms with E-state index in [0.717, 1.165) is 24.3 Å². The van der Waals surface area contributed by atoms with Crippen molar-refractivity contribution in [2.24, 2.45) is 5.73 Å². The van der Waals surface area contributed by atoms with Crippen LogP contribution in [0.25, 0.3) is 0 Å². The molecule has 0 bridgehead atoms. The Balaban J connectivity index is 1.94. The third kappa shape index (κ3) is 3.76. The maximum Gasteiger partial charge on any atom is 0.128 e. The molecule has 4 nitrogen and oxygen atoms in total. The van der Waals surface area contributed by atoms with Gasteiger partial charge in [0.15, 0.2) is 0 Å². The largest absolute Gasteiger partial charge is 0.359 e. The number of likely N-dealkylation sites (N-methyl/N-ethyl adjacent to an activating group) is 1. The van der Waals surface area contributed by atoms with Gasteiger partial charge in [0.25, 0.3) is 0 Å². The first-order chi connectivity index (χ1) is 9.16. The van der Waals surface area contributed by atoms with Crippen LogP contribution in [0.5, 0.6) is 0 Å². The van der Waals surface area contributed by atoms with E-state index in [2.05, 4.69) is 21.9 Å². The molecule has 0 unspecified atom stereocenters. The zero-order chi connectivity index (χ0) is 13.7. The molecule has 100 valence electrons. The van der Waals surface area contributed by atoms with Crippen LogP contribution in [0.4, 0.5) is 5.82 Å². The number of pyridine rings is 2. The molecule has 2 rings (SSSR count). The van der Waals surface area contributed by atoms with Crippen LogP contribution in [0, 0.1) is 0 Å². The average Bonchev–Trinajstić information content (AvgIpc) is 2.46. The van der Waals surface area contributed by atoms with Gasteiger partial charge in [0.1, 0.15) is 5.82 Å². The topological polar surface area (TPSA) is 55.0 Å². The highest BCUT2D eigenvalue weighted by Gasteiger charge is 2.04. The minimum Gasteiger partial charge on any atom is -0.359 e. The SMILES string of the molecule is C[C@H](N)c1ccc(N(C)CCc2ccncc2)nc1. The van der Waals surface area contributed by atoms with Crippen LogP contribution in [0.2, 0.25) is 0 Å². The van der Waals surface area contributed by atoms with E-state index in [-0.39, 0.29) is 6.04 Å². The molecule has 0 saturated carbocycles. The smallest absolute Gasteiger partial charge is 0.128 e. The lowest BCUT2D eigenvalue weighted by Gasteiger charge is -2.18. The number of hydrogen-bond donors (Lipinski definition) is 1. The van der Waals surface area contributed by atoms with E-state index in [1.165, 1.54) is 5.56 Å². The third-order valence-electron chi connectivity index (χ3n) is 3.17. The first-order valence-electron chi connectivity index (χ1n) is 6.48. The highest BCUT2D eigenvalue weighted by atomic mass is 15.2. The normalized spacial score (nSPS) is 12.2. The second-order valence-corrected chi connectivity index (χ2v) is 4.77. The van der Waals surface area contributed by atoms with Gasteiger partial charge in [-0.25, -0.2) is 4.98 Å². The zero-order valence-corrected chi connectivity index (χ0v) is 11.5.